The molecule has 0 aromatic carbocycles. The van der Waals surface area contributed by atoms with E-state index in [-0.39, 0.29) is 6.01 Å². The first-order valence-electron chi connectivity index (χ1n) is 4.32. The van der Waals surface area contributed by atoms with Gasteiger partial charge >= 0.3 is 6.01 Å². The van der Waals surface area contributed by atoms with Crippen molar-refractivity contribution in [3.8, 4) is 17.8 Å². The molecule has 0 aliphatic rings. The Hall–Kier alpha value is -1.52. The zero-order valence-electron chi connectivity index (χ0n) is 8.83. The van der Waals surface area contributed by atoms with Gasteiger partial charge in [-0.25, -0.2) is 0 Å². The summed E-state index contributed by atoms with van der Waals surface area (Å²) >= 11 is 0. The van der Waals surface area contributed by atoms with E-state index < -0.39 is 0 Å². The average molecular weight is 198 g/mol. The zero-order valence-corrected chi connectivity index (χ0v) is 8.83. The molecule has 1 aromatic rings. The highest BCUT2D eigenvalue weighted by atomic mass is 16.5. The monoisotopic (exact) mass is 198 g/mol. The van der Waals surface area contributed by atoms with E-state index in [1.165, 1.54) is 7.11 Å². The second kappa shape index (κ2) is 4.64. The Labute approximate surface area is 83.0 Å². The van der Waals surface area contributed by atoms with Crippen molar-refractivity contribution in [2.75, 3.05) is 20.8 Å². The van der Waals surface area contributed by atoms with Crippen LogP contribution in [-0.2, 0) is 0 Å². The van der Waals surface area contributed by atoms with Gasteiger partial charge in [0.2, 0.25) is 11.8 Å². The van der Waals surface area contributed by atoms with E-state index in [0.29, 0.717) is 18.4 Å². The van der Waals surface area contributed by atoms with E-state index in [4.69, 9.17) is 14.2 Å². The Balaban J connectivity index is 3.12. The first kappa shape index (κ1) is 10.6. The van der Waals surface area contributed by atoms with Crippen LogP contribution in [0.4, 0.5) is 0 Å². The van der Waals surface area contributed by atoms with Gasteiger partial charge in [-0.15, -0.1) is 0 Å². The minimum Gasteiger partial charge on any atom is -0.481 e. The van der Waals surface area contributed by atoms with Crippen molar-refractivity contribution in [2.24, 2.45) is 0 Å². The van der Waals surface area contributed by atoms with Crippen LogP contribution in [0.25, 0.3) is 0 Å². The Kier molecular flexibility index (Phi) is 3.50. The third kappa shape index (κ3) is 2.04. The summed E-state index contributed by atoms with van der Waals surface area (Å²) in [5, 5.41) is 0. The predicted octanol–water partition coefficient (Wildman–Crippen LogP) is 1.20. The van der Waals surface area contributed by atoms with Gasteiger partial charge in [-0.05, 0) is 13.8 Å². The van der Waals surface area contributed by atoms with Crippen LogP contribution < -0.4 is 14.2 Å². The number of methoxy groups -OCH3 is 2. The SMILES string of the molecule is CCOc1nc(OC)nc(OC)c1C. The largest absolute Gasteiger partial charge is 0.481 e. The summed E-state index contributed by atoms with van der Waals surface area (Å²) in [6.07, 6.45) is 0. The molecule has 0 amide bonds. The molecule has 1 heterocycles. The van der Waals surface area contributed by atoms with Crippen molar-refractivity contribution in [1.29, 1.82) is 0 Å². The van der Waals surface area contributed by atoms with Crippen molar-refractivity contribution in [3.63, 3.8) is 0 Å². The van der Waals surface area contributed by atoms with Gasteiger partial charge in [0.1, 0.15) is 0 Å². The first-order valence-corrected chi connectivity index (χ1v) is 4.32. The summed E-state index contributed by atoms with van der Waals surface area (Å²) < 4.78 is 15.3. The molecule has 78 valence electrons. The number of aromatic nitrogens is 2. The molecule has 0 atom stereocenters. The lowest BCUT2D eigenvalue weighted by Crippen LogP contribution is -2.03. The maximum absolute atomic E-state index is 5.31. The zero-order chi connectivity index (χ0) is 10.6. The molecule has 0 saturated carbocycles. The van der Waals surface area contributed by atoms with Crippen LogP contribution in [0, 0.1) is 6.92 Å². The highest BCUT2D eigenvalue weighted by molar-refractivity contribution is 5.35. The predicted molar refractivity (Wildman–Crippen MR) is 51.0 cm³/mol. The highest BCUT2D eigenvalue weighted by Crippen LogP contribution is 2.25. The summed E-state index contributed by atoms with van der Waals surface area (Å²) in [7, 11) is 3.05. The summed E-state index contributed by atoms with van der Waals surface area (Å²) in [4.78, 5) is 8.07. The maximum atomic E-state index is 5.31. The van der Waals surface area contributed by atoms with Crippen molar-refractivity contribution < 1.29 is 14.2 Å². The van der Waals surface area contributed by atoms with Crippen molar-refractivity contribution in [1.82, 2.24) is 9.97 Å². The van der Waals surface area contributed by atoms with Crippen LogP contribution in [0.2, 0.25) is 0 Å². The molecule has 14 heavy (non-hydrogen) atoms. The average Bonchev–Trinajstić information content (AvgIpc) is 2.21. The number of nitrogens with zero attached hydrogens (tertiary/aromatic N) is 2. The summed E-state index contributed by atoms with van der Waals surface area (Å²) in [5.74, 6) is 0.969. The van der Waals surface area contributed by atoms with Gasteiger partial charge in [-0.1, -0.05) is 0 Å². The van der Waals surface area contributed by atoms with E-state index in [9.17, 15) is 0 Å². The fraction of sp³-hybridized carbons (Fsp3) is 0.556. The number of hydrogen-bond donors (Lipinski definition) is 0. The van der Waals surface area contributed by atoms with Gasteiger partial charge in [0.25, 0.3) is 0 Å². The van der Waals surface area contributed by atoms with Crippen LogP contribution in [0.15, 0.2) is 0 Å². The van der Waals surface area contributed by atoms with Crippen molar-refractivity contribution >= 4 is 0 Å². The van der Waals surface area contributed by atoms with Crippen LogP contribution >= 0.6 is 0 Å². The molecule has 0 N–H and O–H groups in total. The lowest BCUT2D eigenvalue weighted by molar-refractivity contribution is 0.297. The molecular formula is C9H14N2O3. The van der Waals surface area contributed by atoms with Crippen LogP contribution in [-0.4, -0.2) is 30.8 Å². The molecule has 0 unspecified atom stereocenters. The molecule has 0 aliphatic carbocycles. The van der Waals surface area contributed by atoms with Crippen LogP contribution in [0.1, 0.15) is 12.5 Å². The number of ether oxygens (including phenoxy) is 3. The molecule has 0 spiro atoms. The lowest BCUT2D eigenvalue weighted by Gasteiger charge is -2.10. The van der Waals surface area contributed by atoms with E-state index >= 15 is 0 Å². The number of rotatable bonds is 4. The number of hydrogen-bond acceptors (Lipinski definition) is 5. The Morgan fingerprint density at radius 3 is 2.21 bits per heavy atom. The minimum absolute atomic E-state index is 0.246. The fourth-order valence-corrected chi connectivity index (χ4v) is 1.03. The first-order chi connectivity index (χ1) is 6.72. The third-order valence-electron chi connectivity index (χ3n) is 1.69. The molecule has 0 fully saturated rings. The highest BCUT2D eigenvalue weighted by Gasteiger charge is 2.12. The molecule has 0 saturated heterocycles. The molecule has 0 bridgehead atoms. The molecule has 1 aromatic heterocycles. The van der Waals surface area contributed by atoms with Crippen LogP contribution in [0.5, 0.6) is 17.8 Å². The quantitative estimate of drug-likeness (QED) is 0.727. The van der Waals surface area contributed by atoms with Gasteiger partial charge in [0.15, 0.2) is 0 Å². The molecule has 5 nitrogen and oxygen atoms in total. The van der Waals surface area contributed by atoms with Crippen molar-refractivity contribution in [3.05, 3.63) is 5.56 Å². The van der Waals surface area contributed by atoms with Gasteiger partial charge < -0.3 is 14.2 Å². The van der Waals surface area contributed by atoms with Crippen LogP contribution in [0.3, 0.4) is 0 Å². The normalized spacial score (nSPS) is 9.71. The summed E-state index contributed by atoms with van der Waals surface area (Å²) in [6, 6.07) is 0.246. The third-order valence-corrected chi connectivity index (χ3v) is 1.69. The van der Waals surface area contributed by atoms with E-state index in [1.807, 2.05) is 13.8 Å². The van der Waals surface area contributed by atoms with Gasteiger partial charge in [0, 0.05) is 0 Å². The molecule has 1 rings (SSSR count). The van der Waals surface area contributed by atoms with E-state index in [0.717, 1.165) is 5.56 Å². The Morgan fingerprint density at radius 1 is 1.07 bits per heavy atom. The topological polar surface area (TPSA) is 53.5 Å². The molecular weight excluding hydrogens is 184 g/mol. The summed E-state index contributed by atoms with van der Waals surface area (Å²) in [5.41, 5.74) is 0.773. The standard InChI is InChI=1S/C9H14N2O3/c1-5-14-8-6(2)7(12-3)10-9(11-8)13-4/h5H2,1-4H3. The second-order valence-corrected chi connectivity index (χ2v) is 2.58. The second-order valence-electron chi connectivity index (χ2n) is 2.58. The van der Waals surface area contributed by atoms with Gasteiger partial charge in [-0.3, -0.25) is 0 Å². The molecule has 5 heteroatoms. The molecule has 0 aliphatic heterocycles. The summed E-state index contributed by atoms with van der Waals surface area (Å²) in [6.45, 7) is 4.27. The Bertz CT molecular complexity index is 315. The Morgan fingerprint density at radius 2 is 1.71 bits per heavy atom. The van der Waals surface area contributed by atoms with Gasteiger partial charge in [-0.2, -0.15) is 9.97 Å². The smallest absolute Gasteiger partial charge is 0.322 e. The maximum Gasteiger partial charge on any atom is 0.322 e. The van der Waals surface area contributed by atoms with E-state index in [2.05, 4.69) is 9.97 Å². The van der Waals surface area contributed by atoms with Gasteiger partial charge in [0.05, 0.1) is 26.4 Å². The molecule has 0 radical (unpaired) electrons. The minimum atomic E-state index is 0.246. The lowest BCUT2D eigenvalue weighted by atomic mass is 10.3. The van der Waals surface area contributed by atoms with E-state index in [1.54, 1.807) is 7.11 Å². The fourth-order valence-electron chi connectivity index (χ4n) is 1.03. The van der Waals surface area contributed by atoms with Crippen molar-refractivity contribution in [2.45, 2.75) is 13.8 Å².